The zero-order valence-electron chi connectivity index (χ0n) is 7.98. The summed E-state index contributed by atoms with van der Waals surface area (Å²) in [5.41, 5.74) is -1.14. The lowest BCUT2D eigenvalue weighted by atomic mass is 9.87. The molecule has 0 aromatic carbocycles. The molecule has 3 nitrogen and oxygen atoms in total. The Labute approximate surface area is 94.5 Å². The number of hydrogen-bond acceptors (Lipinski definition) is 3. The van der Waals surface area contributed by atoms with Crippen LogP contribution in [0.25, 0.3) is 0 Å². The van der Waals surface area contributed by atoms with Crippen LogP contribution in [-0.2, 0) is 14.3 Å². The van der Waals surface area contributed by atoms with Crippen LogP contribution in [0.15, 0.2) is 0 Å². The average molecular weight is 316 g/mol. The number of carbonyl (C=O) groups excluding carboxylic acids is 2. The predicted octanol–water partition coefficient (Wildman–Crippen LogP) is 2.26. The van der Waals surface area contributed by atoms with Gasteiger partial charge in [-0.3, -0.25) is 9.59 Å². The number of rotatable bonds is 3. The van der Waals surface area contributed by atoms with Gasteiger partial charge in [-0.1, -0.05) is 31.9 Å². The Morgan fingerprint density at radius 3 is 1.77 bits per heavy atom. The maximum atomic E-state index is 11.7. The molecule has 0 aromatic heterocycles. The topological polar surface area (TPSA) is 43.4 Å². The molecule has 0 amide bonds. The third-order valence-corrected chi connectivity index (χ3v) is 2.38. The number of alkyl halides is 2. The molecule has 0 bridgehead atoms. The SMILES string of the molecule is COC(=O)C(C)(C)C(=O)C(C)(Br)Br. The third kappa shape index (κ3) is 3.06. The number of ether oxygens (including phenoxy) is 1. The van der Waals surface area contributed by atoms with E-state index in [2.05, 4.69) is 36.6 Å². The minimum absolute atomic E-state index is 0.271. The van der Waals surface area contributed by atoms with Gasteiger partial charge >= 0.3 is 5.97 Å². The monoisotopic (exact) mass is 314 g/mol. The van der Waals surface area contributed by atoms with Crippen LogP contribution in [0, 0.1) is 5.41 Å². The van der Waals surface area contributed by atoms with Crippen LogP contribution < -0.4 is 0 Å². The van der Waals surface area contributed by atoms with Crippen molar-refractivity contribution in [3.8, 4) is 0 Å². The highest BCUT2D eigenvalue weighted by Gasteiger charge is 2.44. The first-order chi connectivity index (χ1) is 5.64. The van der Waals surface area contributed by atoms with Gasteiger partial charge in [-0.05, 0) is 20.8 Å². The molecule has 0 aromatic rings. The number of halogens is 2. The molecule has 0 atom stereocenters. The summed E-state index contributed by atoms with van der Waals surface area (Å²) in [4.78, 5) is 22.9. The molecule has 0 aliphatic heterocycles. The molecule has 0 saturated heterocycles. The Hall–Kier alpha value is 0.1000. The lowest BCUT2D eigenvalue weighted by Crippen LogP contribution is -2.42. The predicted molar refractivity (Wildman–Crippen MR) is 57.1 cm³/mol. The fraction of sp³-hybridized carbons (Fsp3) is 0.750. The van der Waals surface area contributed by atoms with Gasteiger partial charge in [0.05, 0.1) is 7.11 Å². The molecule has 0 rings (SSSR count). The van der Waals surface area contributed by atoms with Crippen LogP contribution in [0.1, 0.15) is 20.8 Å². The number of esters is 1. The third-order valence-electron chi connectivity index (χ3n) is 1.66. The maximum absolute atomic E-state index is 11.7. The molecule has 0 fully saturated rings. The van der Waals surface area contributed by atoms with E-state index in [4.69, 9.17) is 0 Å². The van der Waals surface area contributed by atoms with Crippen LogP contribution in [0.5, 0.6) is 0 Å². The molecule has 0 spiro atoms. The Bertz CT molecular complexity index is 228. The van der Waals surface area contributed by atoms with Gasteiger partial charge < -0.3 is 4.74 Å². The van der Waals surface area contributed by atoms with Gasteiger partial charge in [0.1, 0.15) is 8.65 Å². The molecule has 0 radical (unpaired) electrons. The van der Waals surface area contributed by atoms with Crippen molar-refractivity contribution in [2.75, 3.05) is 7.11 Å². The Morgan fingerprint density at radius 2 is 1.54 bits per heavy atom. The van der Waals surface area contributed by atoms with E-state index in [1.165, 1.54) is 21.0 Å². The van der Waals surface area contributed by atoms with Crippen LogP contribution in [0.4, 0.5) is 0 Å². The number of hydrogen-bond donors (Lipinski definition) is 0. The Morgan fingerprint density at radius 1 is 1.15 bits per heavy atom. The smallest absolute Gasteiger partial charge is 0.318 e. The molecule has 0 unspecified atom stereocenters. The number of methoxy groups -OCH3 is 1. The molecular weight excluding hydrogens is 304 g/mol. The van der Waals surface area contributed by atoms with Gasteiger partial charge in [0.2, 0.25) is 0 Å². The molecule has 76 valence electrons. The van der Waals surface area contributed by atoms with Gasteiger partial charge in [-0.2, -0.15) is 0 Å². The number of Topliss-reactive ketones (excluding diaryl/α,β-unsaturated/α-hetero) is 1. The Kier molecular flexibility index (Phi) is 4.12. The second kappa shape index (κ2) is 4.09. The summed E-state index contributed by atoms with van der Waals surface area (Å²) in [5, 5.41) is 0. The first-order valence-corrected chi connectivity index (χ1v) is 5.23. The summed E-state index contributed by atoms with van der Waals surface area (Å²) in [6, 6.07) is 0. The largest absolute Gasteiger partial charge is 0.468 e. The Balaban J connectivity index is 4.85. The van der Waals surface area contributed by atoms with Crippen molar-refractivity contribution in [3.05, 3.63) is 0 Å². The molecule has 0 aliphatic carbocycles. The highest BCUT2D eigenvalue weighted by molar-refractivity contribution is 9.25. The van der Waals surface area contributed by atoms with Crippen molar-refractivity contribution in [1.29, 1.82) is 0 Å². The normalized spacial score (nSPS) is 12.5. The highest BCUT2D eigenvalue weighted by atomic mass is 79.9. The minimum atomic E-state index is -1.14. The quantitative estimate of drug-likeness (QED) is 0.456. The van der Waals surface area contributed by atoms with Gasteiger partial charge in [0.25, 0.3) is 0 Å². The highest BCUT2D eigenvalue weighted by Crippen LogP contribution is 2.35. The number of ketones is 1. The van der Waals surface area contributed by atoms with Gasteiger partial charge in [-0.25, -0.2) is 0 Å². The molecule has 0 N–H and O–H groups in total. The van der Waals surface area contributed by atoms with Crippen LogP contribution in [0.3, 0.4) is 0 Å². The fourth-order valence-electron chi connectivity index (χ4n) is 0.897. The van der Waals surface area contributed by atoms with Crippen molar-refractivity contribution in [2.24, 2.45) is 5.41 Å². The van der Waals surface area contributed by atoms with E-state index in [0.717, 1.165) is 0 Å². The average Bonchev–Trinajstić information content (AvgIpc) is 1.99. The number of carbonyl (C=O) groups is 2. The zero-order valence-corrected chi connectivity index (χ0v) is 11.2. The molecule has 0 saturated carbocycles. The standard InChI is InChI=1S/C8H12Br2O3/c1-7(2,6(12)13-4)5(11)8(3,9)10/h1-4H3. The van der Waals surface area contributed by atoms with Crippen molar-refractivity contribution in [3.63, 3.8) is 0 Å². The maximum Gasteiger partial charge on any atom is 0.318 e. The minimum Gasteiger partial charge on any atom is -0.468 e. The van der Waals surface area contributed by atoms with E-state index in [1.54, 1.807) is 6.92 Å². The molecule has 13 heavy (non-hydrogen) atoms. The van der Waals surface area contributed by atoms with E-state index >= 15 is 0 Å². The van der Waals surface area contributed by atoms with Gasteiger partial charge in [0.15, 0.2) is 5.78 Å². The van der Waals surface area contributed by atoms with E-state index in [9.17, 15) is 9.59 Å². The van der Waals surface area contributed by atoms with Crippen molar-refractivity contribution in [1.82, 2.24) is 0 Å². The lowest BCUT2D eigenvalue weighted by Gasteiger charge is -2.25. The van der Waals surface area contributed by atoms with E-state index in [0.29, 0.717) is 0 Å². The van der Waals surface area contributed by atoms with Crippen molar-refractivity contribution in [2.45, 2.75) is 24.0 Å². The van der Waals surface area contributed by atoms with Gasteiger partial charge in [-0.15, -0.1) is 0 Å². The summed E-state index contributed by atoms with van der Waals surface area (Å²) in [5.74, 6) is -0.811. The summed E-state index contributed by atoms with van der Waals surface area (Å²) < 4.78 is 3.64. The second-order valence-corrected chi connectivity index (χ2v) is 7.57. The van der Waals surface area contributed by atoms with Crippen LogP contribution >= 0.6 is 31.9 Å². The van der Waals surface area contributed by atoms with Gasteiger partial charge in [0, 0.05) is 0 Å². The molecular formula is C8H12Br2O3. The zero-order chi connectivity index (χ0) is 10.9. The summed E-state index contributed by atoms with van der Waals surface area (Å²) in [7, 11) is 1.26. The van der Waals surface area contributed by atoms with E-state index in [-0.39, 0.29) is 5.78 Å². The summed E-state index contributed by atoms with van der Waals surface area (Å²) >= 11 is 6.27. The molecule has 0 heterocycles. The molecule has 0 aliphatic rings. The van der Waals surface area contributed by atoms with Crippen LogP contribution in [0.2, 0.25) is 0 Å². The first kappa shape index (κ1) is 13.1. The first-order valence-electron chi connectivity index (χ1n) is 3.65. The van der Waals surface area contributed by atoms with Crippen molar-refractivity contribution >= 4 is 43.6 Å². The summed E-state index contributed by atoms with van der Waals surface area (Å²) in [6.07, 6.45) is 0. The lowest BCUT2D eigenvalue weighted by molar-refractivity contribution is -0.155. The molecule has 5 heteroatoms. The van der Waals surface area contributed by atoms with Crippen molar-refractivity contribution < 1.29 is 14.3 Å². The summed E-state index contributed by atoms with van der Waals surface area (Å²) in [6.45, 7) is 4.68. The second-order valence-electron chi connectivity index (χ2n) is 3.33. The fourth-order valence-corrected chi connectivity index (χ4v) is 1.89. The van der Waals surface area contributed by atoms with E-state index < -0.39 is 14.6 Å². The van der Waals surface area contributed by atoms with E-state index in [1.807, 2.05) is 0 Å². The van der Waals surface area contributed by atoms with Crippen LogP contribution in [-0.4, -0.2) is 22.1 Å².